The van der Waals surface area contributed by atoms with Crippen LogP contribution in [0.4, 0.5) is 11.4 Å². The van der Waals surface area contributed by atoms with Crippen molar-refractivity contribution in [2.75, 3.05) is 16.4 Å². The molecule has 0 aliphatic carbocycles. The number of sulfone groups is 1. The Morgan fingerprint density at radius 2 is 1.52 bits per heavy atom. The van der Waals surface area contributed by atoms with Gasteiger partial charge in [-0.2, -0.15) is 0 Å². The van der Waals surface area contributed by atoms with Crippen LogP contribution in [-0.2, 0) is 21.2 Å². The summed E-state index contributed by atoms with van der Waals surface area (Å²) in [5.41, 5.74) is 3.93. The van der Waals surface area contributed by atoms with Crippen molar-refractivity contribution in [2.45, 2.75) is 35.3 Å². The quantitative estimate of drug-likeness (QED) is 0.168. The highest BCUT2D eigenvalue weighted by molar-refractivity contribution is 7.99. The molecule has 5 rings (SSSR count). The smallest absolute Gasteiger partial charge is 0.234 e. The predicted octanol–water partition coefficient (Wildman–Crippen LogP) is 6.71. The van der Waals surface area contributed by atoms with Crippen LogP contribution in [0.2, 0.25) is 5.02 Å². The zero-order valence-corrected chi connectivity index (χ0v) is 25.3. The normalized spacial score (nSPS) is 11.3. The van der Waals surface area contributed by atoms with Gasteiger partial charge in [-0.25, -0.2) is 8.42 Å². The van der Waals surface area contributed by atoms with Crippen LogP contribution in [0, 0.1) is 13.8 Å². The largest absolute Gasteiger partial charge is 0.377 e. The molecule has 5 aromatic rings. The molecule has 1 aromatic heterocycles. The molecule has 0 radical (unpaired) electrons. The van der Waals surface area contributed by atoms with E-state index in [2.05, 4.69) is 20.8 Å². The minimum absolute atomic E-state index is 0.0105. The van der Waals surface area contributed by atoms with Gasteiger partial charge in [0.05, 0.1) is 27.9 Å². The number of thioether (sulfide) groups is 1. The molecule has 0 atom stereocenters. The molecule has 0 bridgehead atoms. The number of hydrogen-bond donors (Lipinski definition) is 2. The monoisotopic (exact) mass is 617 g/mol. The second kappa shape index (κ2) is 12.8. The van der Waals surface area contributed by atoms with Gasteiger partial charge in [0.25, 0.3) is 0 Å². The van der Waals surface area contributed by atoms with E-state index < -0.39 is 9.84 Å². The number of para-hydroxylation sites is 1. The molecule has 1 heterocycles. The summed E-state index contributed by atoms with van der Waals surface area (Å²) < 4.78 is 29.0. The van der Waals surface area contributed by atoms with Gasteiger partial charge in [0, 0.05) is 11.4 Å². The summed E-state index contributed by atoms with van der Waals surface area (Å²) in [5, 5.41) is 15.5. The minimum Gasteiger partial charge on any atom is -0.377 e. The molecule has 11 heteroatoms. The van der Waals surface area contributed by atoms with E-state index >= 15 is 0 Å². The lowest BCUT2D eigenvalue weighted by atomic mass is 10.2. The number of aryl methyl sites for hydroxylation is 2. The van der Waals surface area contributed by atoms with Gasteiger partial charge in [-0.1, -0.05) is 83.0 Å². The van der Waals surface area contributed by atoms with Crippen LogP contribution >= 0.6 is 23.4 Å². The van der Waals surface area contributed by atoms with E-state index in [9.17, 15) is 13.2 Å². The van der Waals surface area contributed by atoms with Crippen LogP contribution in [0.25, 0.3) is 5.69 Å². The highest BCUT2D eigenvalue weighted by atomic mass is 35.5. The molecule has 0 saturated heterocycles. The maximum atomic E-state index is 13.6. The zero-order valence-electron chi connectivity index (χ0n) is 22.9. The van der Waals surface area contributed by atoms with Gasteiger partial charge < -0.3 is 10.6 Å². The van der Waals surface area contributed by atoms with E-state index in [0.717, 1.165) is 22.5 Å². The number of benzene rings is 4. The number of carbonyl (C=O) groups is 1. The Morgan fingerprint density at radius 3 is 2.21 bits per heavy atom. The second-order valence-corrected chi connectivity index (χ2v) is 12.8. The van der Waals surface area contributed by atoms with Gasteiger partial charge in [0.1, 0.15) is 4.90 Å². The van der Waals surface area contributed by atoms with Crippen LogP contribution in [0.5, 0.6) is 0 Å². The summed E-state index contributed by atoms with van der Waals surface area (Å²) in [5.74, 6) is 0.483. The van der Waals surface area contributed by atoms with Crippen LogP contribution in [-0.4, -0.2) is 34.8 Å². The first-order chi connectivity index (χ1) is 20.2. The molecule has 8 nitrogen and oxygen atoms in total. The molecule has 0 unspecified atom stereocenters. The lowest BCUT2D eigenvalue weighted by Crippen LogP contribution is -2.15. The number of amides is 1. The van der Waals surface area contributed by atoms with Gasteiger partial charge >= 0.3 is 0 Å². The zero-order chi connectivity index (χ0) is 29.7. The van der Waals surface area contributed by atoms with Gasteiger partial charge in [-0.05, 0) is 62.4 Å². The first kappa shape index (κ1) is 29.4. The lowest BCUT2D eigenvalue weighted by Gasteiger charge is -2.15. The van der Waals surface area contributed by atoms with Gasteiger partial charge in [0.15, 0.2) is 11.0 Å². The number of nitrogens with one attached hydrogen (secondary N) is 2. The summed E-state index contributed by atoms with van der Waals surface area (Å²) in [7, 11) is -3.91. The SMILES string of the molecule is Cc1ccc(NC(=O)CSc2nnc(CNc3cccc(Cl)c3S(=O)(=O)c3ccc(C)cc3)n2-c2ccccc2)cc1. The summed E-state index contributed by atoms with van der Waals surface area (Å²) in [6.45, 7) is 4.03. The highest BCUT2D eigenvalue weighted by Gasteiger charge is 2.25. The maximum absolute atomic E-state index is 13.6. The number of rotatable bonds is 10. The highest BCUT2D eigenvalue weighted by Crippen LogP contribution is 2.34. The van der Waals surface area contributed by atoms with Crippen LogP contribution in [0.3, 0.4) is 0 Å². The Hall–Kier alpha value is -4.12. The molecule has 0 aliphatic heterocycles. The first-order valence-corrected chi connectivity index (χ1v) is 15.9. The van der Waals surface area contributed by atoms with Crippen molar-refractivity contribution in [3.05, 3.63) is 119 Å². The van der Waals surface area contributed by atoms with Crippen molar-refractivity contribution < 1.29 is 13.2 Å². The Labute approximate surface area is 254 Å². The molecule has 0 aliphatic rings. The van der Waals surface area contributed by atoms with Crippen molar-refractivity contribution in [3.63, 3.8) is 0 Å². The van der Waals surface area contributed by atoms with E-state index in [1.165, 1.54) is 11.8 Å². The molecule has 0 spiro atoms. The number of aromatic nitrogens is 3. The number of hydrogen-bond acceptors (Lipinski definition) is 7. The lowest BCUT2D eigenvalue weighted by molar-refractivity contribution is -0.113. The van der Waals surface area contributed by atoms with E-state index in [4.69, 9.17) is 11.6 Å². The summed E-state index contributed by atoms with van der Waals surface area (Å²) in [6, 6.07) is 28.7. The van der Waals surface area contributed by atoms with Crippen LogP contribution < -0.4 is 10.6 Å². The number of anilines is 2. The summed E-state index contributed by atoms with van der Waals surface area (Å²) in [6.07, 6.45) is 0. The van der Waals surface area contributed by atoms with E-state index in [1.807, 2.05) is 73.0 Å². The molecule has 0 fully saturated rings. The van der Waals surface area contributed by atoms with Crippen molar-refractivity contribution in [3.8, 4) is 5.69 Å². The minimum atomic E-state index is -3.91. The third-order valence-electron chi connectivity index (χ3n) is 6.39. The molecule has 4 aromatic carbocycles. The van der Waals surface area contributed by atoms with Crippen LogP contribution in [0.1, 0.15) is 17.0 Å². The Bertz CT molecular complexity index is 1810. The maximum Gasteiger partial charge on any atom is 0.234 e. The first-order valence-electron chi connectivity index (χ1n) is 13.1. The third kappa shape index (κ3) is 6.67. The fourth-order valence-electron chi connectivity index (χ4n) is 4.24. The van der Waals surface area contributed by atoms with E-state index in [0.29, 0.717) is 16.7 Å². The van der Waals surface area contributed by atoms with E-state index in [-0.39, 0.29) is 33.0 Å². The Balaban J connectivity index is 1.39. The summed E-state index contributed by atoms with van der Waals surface area (Å²) in [4.78, 5) is 12.8. The number of halogens is 1. The van der Waals surface area contributed by atoms with Crippen molar-refractivity contribution in [1.82, 2.24) is 14.8 Å². The standard InChI is InChI=1S/C31H28ClN5O3S2/c1-21-11-15-23(16-12-21)34-29(38)20-41-31-36-35-28(37(31)24-7-4-3-5-8-24)19-33-27-10-6-9-26(32)30(27)42(39,40)25-17-13-22(2)14-18-25/h3-18,33H,19-20H2,1-2H3,(H,34,38). The molecule has 1 amide bonds. The topological polar surface area (TPSA) is 106 Å². The Morgan fingerprint density at radius 1 is 0.857 bits per heavy atom. The van der Waals surface area contributed by atoms with Crippen molar-refractivity contribution in [1.29, 1.82) is 0 Å². The predicted molar refractivity (Wildman–Crippen MR) is 167 cm³/mol. The average Bonchev–Trinajstić information content (AvgIpc) is 3.39. The molecular weight excluding hydrogens is 590 g/mol. The van der Waals surface area contributed by atoms with Crippen molar-refractivity contribution >= 4 is 50.5 Å². The van der Waals surface area contributed by atoms with Gasteiger partial charge in [0.2, 0.25) is 15.7 Å². The second-order valence-electron chi connectivity index (χ2n) is 9.56. The van der Waals surface area contributed by atoms with E-state index in [1.54, 1.807) is 42.5 Å². The molecular formula is C31H28ClN5O3S2. The molecule has 42 heavy (non-hydrogen) atoms. The third-order valence-corrected chi connectivity index (χ3v) is 9.61. The fourth-order valence-corrected chi connectivity index (χ4v) is 6.97. The van der Waals surface area contributed by atoms with Gasteiger partial charge in [-0.15, -0.1) is 10.2 Å². The average molecular weight is 618 g/mol. The molecule has 214 valence electrons. The fraction of sp³-hybridized carbons (Fsp3) is 0.129. The molecule has 2 N–H and O–H groups in total. The number of nitrogens with zero attached hydrogens (tertiary/aromatic N) is 3. The van der Waals surface area contributed by atoms with Crippen LogP contribution in [0.15, 0.2) is 112 Å². The summed E-state index contributed by atoms with van der Waals surface area (Å²) >= 11 is 7.71. The van der Waals surface area contributed by atoms with Gasteiger partial charge in [-0.3, -0.25) is 9.36 Å². The van der Waals surface area contributed by atoms with Crippen molar-refractivity contribution in [2.24, 2.45) is 0 Å². The molecule has 0 saturated carbocycles. The Kier molecular flexibility index (Phi) is 8.96. The number of carbonyl (C=O) groups excluding carboxylic acids is 1.